The van der Waals surface area contributed by atoms with Crippen LogP contribution in [0.25, 0.3) is 0 Å². The standard InChI is InChI=1S/C10H10FNO3S.C3H6/c1-7(6-16-2)15-10-4-3-8(12(13)14)5-9(10)11;1-3-2/h3-6H,1-2H3;3H,1H2,2H3/b7-6-;. The molecule has 0 saturated carbocycles. The third-order valence-electron chi connectivity index (χ3n) is 1.68. The van der Waals surface area contributed by atoms with E-state index in [0.717, 1.165) is 6.07 Å². The number of hydrogen-bond donors (Lipinski definition) is 0. The first-order valence-electron chi connectivity index (χ1n) is 5.34. The molecule has 19 heavy (non-hydrogen) atoms. The van der Waals surface area contributed by atoms with E-state index in [1.807, 2.05) is 13.2 Å². The summed E-state index contributed by atoms with van der Waals surface area (Å²) in [7, 11) is 0. The van der Waals surface area contributed by atoms with Crippen LogP contribution in [-0.2, 0) is 0 Å². The summed E-state index contributed by atoms with van der Waals surface area (Å²) in [6.45, 7) is 6.93. The highest BCUT2D eigenvalue weighted by molar-refractivity contribution is 8.01. The van der Waals surface area contributed by atoms with Gasteiger partial charge in [-0.15, -0.1) is 18.3 Å². The number of nitro groups is 1. The molecule has 1 aromatic rings. The molecule has 0 aliphatic heterocycles. The second-order valence-corrected chi connectivity index (χ2v) is 4.05. The Labute approximate surface area is 116 Å². The third-order valence-corrected chi connectivity index (χ3v) is 2.25. The minimum atomic E-state index is -0.747. The van der Waals surface area contributed by atoms with Crippen molar-refractivity contribution in [1.29, 1.82) is 0 Å². The second kappa shape index (κ2) is 9.16. The largest absolute Gasteiger partial charge is 0.458 e. The Kier molecular flexibility index (Phi) is 8.28. The zero-order valence-corrected chi connectivity index (χ0v) is 11.9. The Hall–Kier alpha value is -1.82. The lowest BCUT2D eigenvalue weighted by Crippen LogP contribution is -1.95. The topological polar surface area (TPSA) is 52.4 Å². The van der Waals surface area contributed by atoms with Crippen molar-refractivity contribution in [2.75, 3.05) is 6.26 Å². The Morgan fingerprint density at radius 1 is 1.58 bits per heavy atom. The van der Waals surface area contributed by atoms with Crippen LogP contribution in [0.2, 0.25) is 0 Å². The van der Waals surface area contributed by atoms with Gasteiger partial charge in [0.1, 0.15) is 5.76 Å². The first kappa shape index (κ1) is 17.2. The molecular formula is C13H16FNO3S. The SMILES string of the molecule is C=CC.CS/C=C(/C)Oc1ccc([N+](=O)[O-])cc1F. The molecule has 0 bridgehead atoms. The summed E-state index contributed by atoms with van der Waals surface area (Å²) in [4.78, 5) is 9.72. The molecule has 0 aromatic heterocycles. The van der Waals surface area contributed by atoms with Gasteiger partial charge in [-0.1, -0.05) is 6.08 Å². The van der Waals surface area contributed by atoms with Crippen LogP contribution in [0.5, 0.6) is 5.75 Å². The molecule has 0 aliphatic rings. The number of non-ortho nitro benzene ring substituents is 1. The average Bonchev–Trinajstić information content (AvgIpc) is 2.33. The summed E-state index contributed by atoms with van der Waals surface area (Å²) >= 11 is 1.43. The predicted octanol–water partition coefficient (Wildman–Crippen LogP) is 4.53. The highest BCUT2D eigenvalue weighted by Crippen LogP contribution is 2.24. The average molecular weight is 285 g/mol. The Balaban J connectivity index is 0.000000982. The van der Waals surface area contributed by atoms with Crippen molar-refractivity contribution >= 4 is 17.4 Å². The van der Waals surface area contributed by atoms with Gasteiger partial charge in [0, 0.05) is 11.5 Å². The molecule has 0 radical (unpaired) electrons. The second-order valence-electron chi connectivity index (χ2n) is 3.35. The molecule has 0 unspecified atom stereocenters. The molecule has 104 valence electrons. The van der Waals surface area contributed by atoms with Crippen LogP contribution in [0.3, 0.4) is 0 Å². The van der Waals surface area contributed by atoms with Gasteiger partial charge < -0.3 is 4.74 Å². The van der Waals surface area contributed by atoms with Crippen molar-refractivity contribution < 1.29 is 14.1 Å². The first-order chi connectivity index (χ1) is 8.96. The van der Waals surface area contributed by atoms with Gasteiger partial charge in [-0.2, -0.15) is 0 Å². The number of hydrogen-bond acceptors (Lipinski definition) is 4. The minimum Gasteiger partial charge on any atom is -0.458 e. The van der Waals surface area contributed by atoms with Gasteiger partial charge >= 0.3 is 0 Å². The van der Waals surface area contributed by atoms with E-state index in [4.69, 9.17) is 4.74 Å². The van der Waals surface area contributed by atoms with Gasteiger partial charge in [0.15, 0.2) is 11.6 Å². The fourth-order valence-electron chi connectivity index (χ4n) is 1.05. The number of halogens is 1. The Morgan fingerprint density at radius 2 is 2.16 bits per heavy atom. The molecule has 0 aliphatic carbocycles. The van der Waals surface area contributed by atoms with E-state index in [1.165, 1.54) is 23.9 Å². The van der Waals surface area contributed by atoms with Crippen molar-refractivity contribution in [3.8, 4) is 5.75 Å². The van der Waals surface area contributed by atoms with Gasteiger partial charge in [0.2, 0.25) is 0 Å². The van der Waals surface area contributed by atoms with Gasteiger partial charge in [0.05, 0.1) is 11.0 Å². The third kappa shape index (κ3) is 6.61. The van der Waals surface area contributed by atoms with Crippen molar-refractivity contribution in [2.45, 2.75) is 13.8 Å². The normalized spacial score (nSPS) is 10.2. The number of nitro benzene ring substituents is 1. The molecule has 1 rings (SSSR count). The van der Waals surface area contributed by atoms with Gasteiger partial charge in [0.25, 0.3) is 5.69 Å². The van der Waals surface area contributed by atoms with Crippen molar-refractivity contribution in [3.05, 3.63) is 58.0 Å². The number of rotatable bonds is 4. The van der Waals surface area contributed by atoms with Crippen molar-refractivity contribution in [1.82, 2.24) is 0 Å². The number of ether oxygens (including phenoxy) is 1. The Bertz CT molecular complexity index is 475. The summed E-state index contributed by atoms with van der Waals surface area (Å²) in [5.74, 6) is -0.239. The molecule has 1 aromatic carbocycles. The highest BCUT2D eigenvalue weighted by Gasteiger charge is 2.11. The maximum absolute atomic E-state index is 13.3. The number of thioether (sulfide) groups is 1. The highest BCUT2D eigenvalue weighted by atomic mass is 32.2. The van der Waals surface area contributed by atoms with E-state index >= 15 is 0 Å². The van der Waals surface area contributed by atoms with Crippen molar-refractivity contribution in [3.63, 3.8) is 0 Å². The molecule has 0 N–H and O–H groups in total. The number of allylic oxidation sites excluding steroid dienone is 2. The lowest BCUT2D eigenvalue weighted by Gasteiger charge is -2.05. The van der Waals surface area contributed by atoms with Crippen LogP contribution in [0, 0.1) is 15.9 Å². The molecule has 0 amide bonds. The van der Waals surface area contributed by atoms with Crippen LogP contribution in [0.15, 0.2) is 42.0 Å². The maximum Gasteiger partial charge on any atom is 0.272 e. The minimum absolute atomic E-state index is 0.0200. The zero-order chi connectivity index (χ0) is 14.8. The zero-order valence-electron chi connectivity index (χ0n) is 11.1. The van der Waals surface area contributed by atoms with Crippen molar-refractivity contribution in [2.24, 2.45) is 0 Å². The fraction of sp³-hybridized carbons (Fsp3) is 0.231. The predicted molar refractivity (Wildman–Crippen MR) is 76.8 cm³/mol. The lowest BCUT2D eigenvalue weighted by atomic mass is 10.3. The monoisotopic (exact) mass is 285 g/mol. The van der Waals surface area contributed by atoms with E-state index in [1.54, 1.807) is 18.4 Å². The molecule has 6 heteroatoms. The van der Waals surface area contributed by atoms with E-state index in [-0.39, 0.29) is 11.4 Å². The summed E-state index contributed by atoms with van der Waals surface area (Å²) in [5.41, 5.74) is -0.295. The smallest absolute Gasteiger partial charge is 0.272 e. The summed E-state index contributed by atoms with van der Waals surface area (Å²) in [5, 5.41) is 12.1. The Morgan fingerprint density at radius 3 is 2.58 bits per heavy atom. The first-order valence-corrected chi connectivity index (χ1v) is 6.63. The fourth-order valence-corrected chi connectivity index (χ4v) is 1.43. The number of nitrogens with zero attached hydrogens (tertiary/aromatic N) is 1. The molecule has 0 fully saturated rings. The van der Waals surface area contributed by atoms with Crippen LogP contribution in [0.4, 0.5) is 10.1 Å². The van der Waals surface area contributed by atoms with Gasteiger partial charge in [-0.25, -0.2) is 4.39 Å². The quantitative estimate of drug-likeness (QED) is 0.353. The molecule has 4 nitrogen and oxygen atoms in total. The van der Waals surface area contributed by atoms with Gasteiger partial charge in [-0.05, 0) is 26.2 Å². The maximum atomic E-state index is 13.3. The molecule has 0 spiro atoms. The molecule has 0 saturated heterocycles. The van der Waals surface area contributed by atoms with Gasteiger partial charge in [-0.3, -0.25) is 10.1 Å². The van der Waals surface area contributed by atoms with E-state index < -0.39 is 10.7 Å². The van der Waals surface area contributed by atoms with E-state index in [2.05, 4.69) is 6.58 Å². The molecule has 0 atom stereocenters. The molecule has 0 heterocycles. The van der Waals surface area contributed by atoms with Crippen LogP contribution >= 0.6 is 11.8 Å². The summed E-state index contributed by atoms with van der Waals surface area (Å²) in [6, 6.07) is 3.28. The van der Waals surface area contributed by atoms with E-state index in [0.29, 0.717) is 5.76 Å². The molecular weight excluding hydrogens is 269 g/mol. The summed E-state index contributed by atoms with van der Waals surface area (Å²) in [6.07, 6.45) is 3.60. The van der Waals surface area contributed by atoms with Crippen LogP contribution in [0.1, 0.15) is 13.8 Å². The lowest BCUT2D eigenvalue weighted by molar-refractivity contribution is -0.385. The summed E-state index contributed by atoms with van der Waals surface area (Å²) < 4.78 is 18.5. The number of benzene rings is 1. The van der Waals surface area contributed by atoms with Crippen LogP contribution in [-0.4, -0.2) is 11.2 Å². The van der Waals surface area contributed by atoms with Crippen LogP contribution < -0.4 is 4.74 Å². The van der Waals surface area contributed by atoms with E-state index in [9.17, 15) is 14.5 Å².